The van der Waals surface area contributed by atoms with Gasteiger partial charge in [0.2, 0.25) is 0 Å². The van der Waals surface area contributed by atoms with Crippen LogP contribution in [0, 0.1) is 0 Å². The van der Waals surface area contributed by atoms with Crippen molar-refractivity contribution in [3.63, 3.8) is 0 Å². The average molecular weight is 489 g/mol. The van der Waals surface area contributed by atoms with Gasteiger partial charge in [-0.3, -0.25) is 4.99 Å². The van der Waals surface area contributed by atoms with Gasteiger partial charge in [-0.25, -0.2) is 0 Å². The van der Waals surface area contributed by atoms with E-state index in [4.69, 9.17) is 16.6 Å². The number of aromatic nitrogens is 1. The number of nitrogens with zero attached hydrogens (tertiary/aromatic N) is 2. The zero-order valence-corrected chi connectivity index (χ0v) is 21.6. The van der Waals surface area contributed by atoms with Crippen LogP contribution in [0.4, 0.5) is 5.69 Å². The molecule has 36 heavy (non-hydrogen) atoms. The third kappa shape index (κ3) is 5.05. The van der Waals surface area contributed by atoms with E-state index in [2.05, 4.69) is 116 Å². The Hall–Kier alpha value is -3.88. The summed E-state index contributed by atoms with van der Waals surface area (Å²) in [7, 11) is 0. The van der Waals surface area contributed by atoms with E-state index in [1.165, 1.54) is 5.56 Å². The largest absolute Gasteiger partial charge is 0.309 e. The van der Waals surface area contributed by atoms with E-state index in [0.717, 1.165) is 39.5 Å². The Labute approximate surface area is 218 Å². The molecule has 5 aromatic rings. The molecule has 5 rings (SSSR count). The van der Waals surface area contributed by atoms with E-state index < -0.39 is 0 Å². The third-order valence-electron chi connectivity index (χ3n) is 6.32. The van der Waals surface area contributed by atoms with Gasteiger partial charge in [0.1, 0.15) is 0 Å². The topological polar surface area (TPSA) is 17.3 Å². The Bertz CT molecular complexity index is 1470. The van der Waals surface area contributed by atoms with E-state index in [1.54, 1.807) is 0 Å². The second kappa shape index (κ2) is 10.0. The van der Waals surface area contributed by atoms with Gasteiger partial charge in [-0.15, -0.1) is 0 Å². The fourth-order valence-corrected chi connectivity index (χ4v) is 4.52. The molecule has 0 amide bonds. The maximum atomic E-state index is 6.24. The van der Waals surface area contributed by atoms with Crippen LogP contribution in [-0.4, -0.2) is 10.8 Å². The van der Waals surface area contributed by atoms with Crippen LogP contribution < -0.4 is 0 Å². The number of hydrogen-bond acceptors (Lipinski definition) is 1. The van der Waals surface area contributed by atoms with Crippen LogP contribution in [0.5, 0.6) is 0 Å². The van der Waals surface area contributed by atoms with Gasteiger partial charge in [-0.1, -0.05) is 105 Å². The molecule has 0 aliphatic heterocycles. The van der Waals surface area contributed by atoms with Crippen LogP contribution >= 0.6 is 11.6 Å². The van der Waals surface area contributed by atoms with Gasteiger partial charge < -0.3 is 4.57 Å². The molecule has 178 valence electrons. The van der Waals surface area contributed by atoms with Crippen molar-refractivity contribution in [3.05, 3.63) is 131 Å². The first kappa shape index (κ1) is 23.8. The van der Waals surface area contributed by atoms with Crippen molar-refractivity contribution in [2.24, 2.45) is 4.99 Å². The molecule has 1 heterocycles. The standard InChI is InChI=1S/C33H29ClN2/c1-33(2,3)27-14-18-29(19-15-27)35-23-26-22-31(24-10-6-4-7-11-24)36(30-20-16-28(34)17-21-30)32(26)25-12-8-5-9-13-25/h4-23H,1-3H3. The molecule has 1 aromatic heterocycles. The summed E-state index contributed by atoms with van der Waals surface area (Å²) in [5.74, 6) is 0. The van der Waals surface area contributed by atoms with Crippen LogP contribution in [0.1, 0.15) is 31.9 Å². The van der Waals surface area contributed by atoms with E-state index in [9.17, 15) is 0 Å². The maximum absolute atomic E-state index is 6.24. The fraction of sp³-hybridized carbons (Fsp3) is 0.121. The molecule has 0 spiro atoms. The molecule has 0 unspecified atom stereocenters. The molecular formula is C33H29ClN2. The monoisotopic (exact) mass is 488 g/mol. The van der Waals surface area contributed by atoms with Gasteiger partial charge >= 0.3 is 0 Å². The van der Waals surface area contributed by atoms with Crippen molar-refractivity contribution in [2.75, 3.05) is 0 Å². The SMILES string of the molecule is CC(C)(C)c1ccc(N=Cc2cc(-c3ccccc3)n(-c3ccc(Cl)cc3)c2-c2ccccc2)cc1. The molecular weight excluding hydrogens is 460 g/mol. The number of halogens is 1. The minimum Gasteiger partial charge on any atom is -0.309 e. The normalized spacial score (nSPS) is 11.8. The highest BCUT2D eigenvalue weighted by molar-refractivity contribution is 6.30. The molecule has 0 saturated heterocycles. The van der Waals surface area contributed by atoms with Crippen molar-refractivity contribution in [2.45, 2.75) is 26.2 Å². The molecule has 0 bridgehead atoms. The van der Waals surface area contributed by atoms with Gasteiger partial charge in [0.25, 0.3) is 0 Å². The van der Waals surface area contributed by atoms with Crippen molar-refractivity contribution in [3.8, 4) is 28.2 Å². The second-order valence-electron chi connectivity index (χ2n) is 9.93. The Morgan fingerprint density at radius 1 is 0.694 bits per heavy atom. The first-order chi connectivity index (χ1) is 17.4. The Balaban J connectivity index is 1.69. The molecule has 0 aliphatic carbocycles. The van der Waals surface area contributed by atoms with Gasteiger partial charge in [0.05, 0.1) is 17.1 Å². The van der Waals surface area contributed by atoms with Crippen molar-refractivity contribution in [1.29, 1.82) is 0 Å². The summed E-state index contributed by atoms with van der Waals surface area (Å²) >= 11 is 6.24. The predicted octanol–water partition coefficient (Wildman–Crippen LogP) is 9.51. The smallest absolute Gasteiger partial charge is 0.0630 e. The van der Waals surface area contributed by atoms with E-state index >= 15 is 0 Å². The first-order valence-corrected chi connectivity index (χ1v) is 12.5. The Morgan fingerprint density at radius 2 is 1.28 bits per heavy atom. The summed E-state index contributed by atoms with van der Waals surface area (Å²) in [6.45, 7) is 6.67. The predicted molar refractivity (Wildman–Crippen MR) is 154 cm³/mol. The van der Waals surface area contributed by atoms with Gasteiger partial charge in [-0.05, 0) is 64.6 Å². The molecule has 0 N–H and O–H groups in total. The first-order valence-electron chi connectivity index (χ1n) is 12.2. The van der Waals surface area contributed by atoms with Crippen LogP contribution in [-0.2, 0) is 5.41 Å². The zero-order valence-electron chi connectivity index (χ0n) is 20.8. The summed E-state index contributed by atoms with van der Waals surface area (Å²) in [5.41, 5.74) is 8.89. The summed E-state index contributed by atoms with van der Waals surface area (Å²) in [4.78, 5) is 4.88. The minimum absolute atomic E-state index is 0.114. The third-order valence-corrected chi connectivity index (χ3v) is 6.57. The lowest BCUT2D eigenvalue weighted by molar-refractivity contribution is 0.590. The highest BCUT2D eigenvalue weighted by Gasteiger charge is 2.19. The van der Waals surface area contributed by atoms with E-state index in [-0.39, 0.29) is 5.41 Å². The average Bonchev–Trinajstić information content (AvgIpc) is 3.28. The fourth-order valence-electron chi connectivity index (χ4n) is 4.39. The molecule has 2 nitrogen and oxygen atoms in total. The lowest BCUT2D eigenvalue weighted by Gasteiger charge is -2.18. The molecule has 0 saturated carbocycles. The number of hydrogen-bond donors (Lipinski definition) is 0. The molecule has 3 heteroatoms. The second-order valence-corrected chi connectivity index (χ2v) is 10.4. The maximum Gasteiger partial charge on any atom is 0.0630 e. The summed E-state index contributed by atoms with van der Waals surface area (Å²) in [5, 5.41) is 0.717. The van der Waals surface area contributed by atoms with Crippen LogP contribution in [0.15, 0.2) is 120 Å². The Morgan fingerprint density at radius 3 is 1.86 bits per heavy atom. The van der Waals surface area contributed by atoms with Crippen LogP contribution in [0.3, 0.4) is 0 Å². The highest BCUT2D eigenvalue weighted by atomic mass is 35.5. The summed E-state index contributed by atoms with van der Waals surface area (Å²) in [6, 6.07) is 39.7. The zero-order chi connectivity index (χ0) is 25.1. The summed E-state index contributed by atoms with van der Waals surface area (Å²) < 4.78 is 2.30. The molecule has 0 radical (unpaired) electrons. The van der Waals surface area contributed by atoms with Gasteiger partial charge in [0, 0.05) is 22.5 Å². The Kier molecular flexibility index (Phi) is 6.63. The van der Waals surface area contributed by atoms with E-state index in [0.29, 0.717) is 5.02 Å². The number of aliphatic imine (C=N–C) groups is 1. The lowest BCUT2D eigenvalue weighted by Crippen LogP contribution is -2.10. The lowest BCUT2D eigenvalue weighted by atomic mass is 9.87. The number of benzene rings is 4. The quantitative estimate of drug-likeness (QED) is 0.219. The molecule has 0 atom stereocenters. The summed E-state index contributed by atoms with van der Waals surface area (Å²) in [6.07, 6.45) is 1.98. The van der Waals surface area contributed by atoms with Gasteiger partial charge in [-0.2, -0.15) is 0 Å². The van der Waals surface area contributed by atoms with Crippen LogP contribution in [0.25, 0.3) is 28.2 Å². The van der Waals surface area contributed by atoms with Crippen molar-refractivity contribution < 1.29 is 0 Å². The van der Waals surface area contributed by atoms with E-state index in [1.807, 2.05) is 30.5 Å². The van der Waals surface area contributed by atoms with Crippen LogP contribution in [0.2, 0.25) is 5.02 Å². The molecule has 0 fully saturated rings. The van der Waals surface area contributed by atoms with Crippen molar-refractivity contribution in [1.82, 2.24) is 4.57 Å². The highest BCUT2D eigenvalue weighted by Crippen LogP contribution is 2.36. The van der Waals surface area contributed by atoms with Crippen molar-refractivity contribution >= 4 is 23.5 Å². The molecule has 4 aromatic carbocycles. The molecule has 0 aliphatic rings. The minimum atomic E-state index is 0.114. The number of rotatable bonds is 5. The van der Waals surface area contributed by atoms with Gasteiger partial charge in [0.15, 0.2) is 0 Å².